The molecule has 0 saturated carbocycles. The zero-order chi connectivity index (χ0) is 12.5. The first-order valence-corrected chi connectivity index (χ1v) is 6.14. The van der Waals surface area contributed by atoms with Crippen LogP contribution in [0.4, 0.5) is 0 Å². The second kappa shape index (κ2) is 4.67. The van der Waals surface area contributed by atoms with Crippen molar-refractivity contribution in [2.24, 2.45) is 0 Å². The smallest absolute Gasteiger partial charge is 0.125 e. The molecule has 94 valence electrons. The molecule has 3 nitrogen and oxygen atoms in total. The van der Waals surface area contributed by atoms with E-state index in [-0.39, 0.29) is 12.2 Å². The van der Waals surface area contributed by atoms with Crippen molar-refractivity contribution in [2.75, 3.05) is 6.61 Å². The molecule has 1 fully saturated rings. The molecule has 1 saturated heterocycles. The maximum atomic E-state index is 10.7. The number of hydrogen-bond acceptors (Lipinski definition) is 3. The Morgan fingerprint density at radius 1 is 1.41 bits per heavy atom. The SMILES string of the molecule is CC(C)Oc1ccccc1C1(O)CCOC1C. The van der Waals surface area contributed by atoms with Gasteiger partial charge in [-0.15, -0.1) is 0 Å². The molecular weight excluding hydrogens is 216 g/mol. The van der Waals surface area contributed by atoms with Crippen LogP contribution in [0.2, 0.25) is 0 Å². The molecule has 1 aromatic carbocycles. The number of hydrogen-bond donors (Lipinski definition) is 1. The van der Waals surface area contributed by atoms with Crippen molar-refractivity contribution in [2.45, 2.75) is 45.0 Å². The van der Waals surface area contributed by atoms with Gasteiger partial charge < -0.3 is 14.6 Å². The summed E-state index contributed by atoms with van der Waals surface area (Å²) in [5, 5.41) is 10.7. The van der Waals surface area contributed by atoms with E-state index in [2.05, 4.69) is 0 Å². The molecule has 0 spiro atoms. The van der Waals surface area contributed by atoms with E-state index in [1.165, 1.54) is 0 Å². The Bertz CT molecular complexity index is 389. The molecule has 0 bridgehead atoms. The van der Waals surface area contributed by atoms with Crippen molar-refractivity contribution < 1.29 is 14.6 Å². The lowest BCUT2D eigenvalue weighted by molar-refractivity contribution is -0.0337. The molecule has 0 amide bonds. The maximum absolute atomic E-state index is 10.7. The third kappa shape index (κ3) is 2.31. The molecule has 1 aromatic rings. The minimum Gasteiger partial charge on any atom is -0.491 e. The number of aliphatic hydroxyl groups is 1. The topological polar surface area (TPSA) is 38.7 Å². The van der Waals surface area contributed by atoms with Crippen LogP contribution in [0.15, 0.2) is 24.3 Å². The fraction of sp³-hybridized carbons (Fsp3) is 0.571. The lowest BCUT2D eigenvalue weighted by Crippen LogP contribution is -2.33. The highest BCUT2D eigenvalue weighted by Gasteiger charge is 2.43. The Balaban J connectivity index is 2.37. The summed E-state index contributed by atoms with van der Waals surface area (Å²) in [4.78, 5) is 0. The van der Waals surface area contributed by atoms with Crippen LogP contribution in [-0.2, 0) is 10.3 Å². The van der Waals surface area contributed by atoms with Crippen LogP contribution in [0, 0.1) is 0 Å². The zero-order valence-electron chi connectivity index (χ0n) is 10.6. The van der Waals surface area contributed by atoms with Crippen LogP contribution < -0.4 is 4.74 Å². The molecule has 2 unspecified atom stereocenters. The summed E-state index contributed by atoms with van der Waals surface area (Å²) < 4.78 is 11.2. The van der Waals surface area contributed by atoms with E-state index in [9.17, 15) is 5.11 Å². The van der Waals surface area contributed by atoms with Crippen LogP contribution in [0.5, 0.6) is 5.75 Å². The number of benzene rings is 1. The molecule has 3 heteroatoms. The fourth-order valence-corrected chi connectivity index (χ4v) is 2.27. The molecule has 1 aliphatic rings. The van der Waals surface area contributed by atoms with Gasteiger partial charge in [0.2, 0.25) is 0 Å². The summed E-state index contributed by atoms with van der Waals surface area (Å²) in [5.41, 5.74) is -0.0930. The van der Waals surface area contributed by atoms with Gasteiger partial charge >= 0.3 is 0 Å². The van der Waals surface area contributed by atoms with Gasteiger partial charge in [0.25, 0.3) is 0 Å². The van der Waals surface area contributed by atoms with Gasteiger partial charge in [-0.05, 0) is 26.8 Å². The highest BCUT2D eigenvalue weighted by Crippen LogP contribution is 2.40. The lowest BCUT2D eigenvalue weighted by atomic mass is 9.87. The van der Waals surface area contributed by atoms with Gasteiger partial charge in [0, 0.05) is 12.0 Å². The molecule has 2 atom stereocenters. The maximum Gasteiger partial charge on any atom is 0.125 e. The molecule has 1 N–H and O–H groups in total. The first-order chi connectivity index (χ1) is 8.04. The predicted molar refractivity (Wildman–Crippen MR) is 66.1 cm³/mol. The summed E-state index contributed by atoms with van der Waals surface area (Å²) >= 11 is 0. The first kappa shape index (κ1) is 12.4. The molecule has 0 aromatic heterocycles. The summed E-state index contributed by atoms with van der Waals surface area (Å²) in [7, 11) is 0. The van der Waals surface area contributed by atoms with E-state index in [0.717, 1.165) is 11.3 Å². The highest BCUT2D eigenvalue weighted by molar-refractivity contribution is 5.39. The molecule has 1 heterocycles. The van der Waals surface area contributed by atoms with Crippen LogP contribution in [0.1, 0.15) is 32.8 Å². The number of ether oxygens (including phenoxy) is 2. The molecule has 1 aliphatic heterocycles. The Morgan fingerprint density at radius 3 is 2.71 bits per heavy atom. The lowest BCUT2D eigenvalue weighted by Gasteiger charge is -2.29. The van der Waals surface area contributed by atoms with E-state index >= 15 is 0 Å². The van der Waals surface area contributed by atoms with Gasteiger partial charge in [-0.1, -0.05) is 18.2 Å². The van der Waals surface area contributed by atoms with E-state index in [4.69, 9.17) is 9.47 Å². The van der Waals surface area contributed by atoms with Gasteiger partial charge in [0.15, 0.2) is 0 Å². The monoisotopic (exact) mass is 236 g/mol. The predicted octanol–water partition coefficient (Wildman–Crippen LogP) is 2.47. The number of para-hydroxylation sites is 1. The Labute approximate surface area is 102 Å². The van der Waals surface area contributed by atoms with Gasteiger partial charge in [0.1, 0.15) is 11.4 Å². The molecule has 0 radical (unpaired) electrons. The van der Waals surface area contributed by atoms with Crippen molar-refractivity contribution in [3.05, 3.63) is 29.8 Å². The number of rotatable bonds is 3. The summed E-state index contributed by atoms with van der Waals surface area (Å²) in [5.74, 6) is 0.752. The summed E-state index contributed by atoms with van der Waals surface area (Å²) in [6.45, 7) is 6.46. The summed E-state index contributed by atoms with van der Waals surface area (Å²) in [6, 6.07) is 7.66. The largest absolute Gasteiger partial charge is 0.491 e. The Kier molecular flexibility index (Phi) is 3.40. The van der Waals surface area contributed by atoms with Gasteiger partial charge in [-0.25, -0.2) is 0 Å². The van der Waals surface area contributed by atoms with Crippen molar-refractivity contribution in [3.63, 3.8) is 0 Å². The Morgan fingerprint density at radius 2 is 2.12 bits per heavy atom. The average Bonchev–Trinajstić information content (AvgIpc) is 2.60. The standard InChI is InChI=1S/C14H20O3/c1-10(2)17-13-7-5-4-6-12(13)14(15)8-9-16-11(14)3/h4-7,10-11,15H,8-9H2,1-3H3. The molecular formula is C14H20O3. The first-order valence-electron chi connectivity index (χ1n) is 6.14. The van der Waals surface area contributed by atoms with Gasteiger partial charge in [0.05, 0.1) is 18.8 Å². The fourth-order valence-electron chi connectivity index (χ4n) is 2.27. The average molecular weight is 236 g/mol. The third-order valence-electron chi connectivity index (χ3n) is 3.24. The quantitative estimate of drug-likeness (QED) is 0.876. The van der Waals surface area contributed by atoms with E-state index < -0.39 is 5.60 Å². The van der Waals surface area contributed by atoms with E-state index in [1.807, 2.05) is 45.0 Å². The van der Waals surface area contributed by atoms with Gasteiger partial charge in [-0.2, -0.15) is 0 Å². The zero-order valence-corrected chi connectivity index (χ0v) is 10.6. The Hall–Kier alpha value is -1.06. The van der Waals surface area contributed by atoms with Crippen LogP contribution in [-0.4, -0.2) is 23.9 Å². The van der Waals surface area contributed by atoms with Crippen molar-refractivity contribution >= 4 is 0 Å². The van der Waals surface area contributed by atoms with Crippen LogP contribution >= 0.6 is 0 Å². The van der Waals surface area contributed by atoms with Crippen molar-refractivity contribution in [1.29, 1.82) is 0 Å². The van der Waals surface area contributed by atoms with Crippen LogP contribution in [0.25, 0.3) is 0 Å². The van der Waals surface area contributed by atoms with E-state index in [0.29, 0.717) is 13.0 Å². The van der Waals surface area contributed by atoms with E-state index in [1.54, 1.807) is 0 Å². The second-order valence-electron chi connectivity index (χ2n) is 4.85. The highest BCUT2D eigenvalue weighted by atomic mass is 16.5. The summed E-state index contributed by atoms with van der Waals surface area (Å²) in [6.07, 6.45) is 0.517. The molecule has 2 rings (SSSR count). The van der Waals surface area contributed by atoms with Crippen molar-refractivity contribution in [3.8, 4) is 5.75 Å². The third-order valence-corrected chi connectivity index (χ3v) is 3.24. The minimum atomic E-state index is -0.925. The molecule has 0 aliphatic carbocycles. The second-order valence-corrected chi connectivity index (χ2v) is 4.85. The molecule has 17 heavy (non-hydrogen) atoms. The minimum absolute atomic E-state index is 0.0948. The van der Waals surface area contributed by atoms with Gasteiger partial charge in [-0.3, -0.25) is 0 Å². The normalized spacial score (nSPS) is 28.6. The van der Waals surface area contributed by atoms with Crippen LogP contribution in [0.3, 0.4) is 0 Å². The van der Waals surface area contributed by atoms with Crippen molar-refractivity contribution in [1.82, 2.24) is 0 Å².